The van der Waals surface area contributed by atoms with Crippen molar-refractivity contribution in [3.05, 3.63) is 78.2 Å². The van der Waals surface area contributed by atoms with Crippen molar-refractivity contribution in [3.8, 4) is 5.75 Å². The summed E-state index contributed by atoms with van der Waals surface area (Å²) in [7, 11) is 0. The van der Waals surface area contributed by atoms with Gasteiger partial charge in [0.15, 0.2) is 6.61 Å². The Labute approximate surface area is 208 Å². The maximum absolute atomic E-state index is 12.6. The highest BCUT2D eigenvalue weighted by Gasteiger charge is 2.22. The van der Waals surface area contributed by atoms with Crippen LogP contribution >= 0.6 is 0 Å². The Morgan fingerprint density at radius 2 is 1.97 bits per heavy atom. The van der Waals surface area contributed by atoms with E-state index in [0.29, 0.717) is 45.3 Å². The molecule has 182 valence electrons. The summed E-state index contributed by atoms with van der Waals surface area (Å²) in [6.07, 6.45) is 5.50. The molecule has 0 radical (unpaired) electrons. The molecule has 0 saturated carbocycles. The summed E-state index contributed by atoms with van der Waals surface area (Å²) < 4.78 is 13.3. The van der Waals surface area contributed by atoms with Crippen molar-refractivity contribution >= 4 is 34.4 Å². The third-order valence-corrected chi connectivity index (χ3v) is 6.47. The van der Waals surface area contributed by atoms with Crippen molar-refractivity contribution < 1.29 is 14.3 Å². The van der Waals surface area contributed by atoms with Gasteiger partial charge in [0, 0.05) is 36.6 Å². The summed E-state index contributed by atoms with van der Waals surface area (Å²) in [4.78, 5) is 25.5. The first-order valence-corrected chi connectivity index (χ1v) is 12.0. The van der Waals surface area contributed by atoms with Gasteiger partial charge in [-0.25, -0.2) is 0 Å². The Balaban J connectivity index is 1.22. The number of hydrogen-bond acceptors (Lipinski definition) is 7. The van der Waals surface area contributed by atoms with Crippen LogP contribution in [0, 0.1) is 0 Å². The van der Waals surface area contributed by atoms with Gasteiger partial charge in [-0.3, -0.25) is 19.5 Å². The lowest BCUT2D eigenvalue weighted by atomic mass is 10.1. The van der Waals surface area contributed by atoms with Crippen molar-refractivity contribution in [1.82, 2.24) is 19.7 Å². The van der Waals surface area contributed by atoms with Gasteiger partial charge in [-0.15, -0.1) is 0 Å². The lowest BCUT2D eigenvalue weighted by molar-refractivity contribution is -0.137. The zero-order chi connectivity index (χ0) is 24.3. The fourth-order valence-corrected chi connectivity index (χ4v) is 4.59. The Kier molecular flexibility index (Phi) is 6.05. The second kappa shape index (κ2) is 9.79. The molecule has 4 aromatic rings. The van der Waals surface area contributed by atoms with Crippen LogP contribution in [0.2, 0.25) is 0 Å². The molecule has 6 rings (SSSR count). The van der Waals surface area contributed by atoms with E-state index in [-0.39, 0.29) is 12.5 Å². The fraction of sp³-hybridized carbons (Fsp3) is 0.259. The van der Waals surface area contributed by atoms with E-state index in [1.807, 2.05) is 53.5 Å². The molecule has 2 aliphatic rings. The molecule has 9 nitrogen and oxygen atoms in total. The number of amides is 1. The van der Waals surface area contributed by atoms with E-state index < -0.39 is 0 Å². The summed E-state index contributed by atoms with van der Waals surface area (Å²) in [6, 6.07) is 18.1. The van der Waals surface area contributed by atoms with Gasteiger partial charge in [0.1, 0.15) is 12.4 Å². The molecule has 2 aromatic carbocycles. The number of aliphatic imine (C=N–C) groups is 1. The molecule has 0 atom stereocenters. The third kappa shape index (κ3) is 4.40. The van der Waals surface area contributed by atoms with Crippen molar-refractivity contribution in [3.63, 3.8) is 0 Å². The molecule has 0 N–H and O–H groups in total. The average Bonchev–Trinajstić information content (AvgIpc) is 3.34. The number of anilines is 2. The first kappa shape index (κ1) is 22.2. The second-order valence-electron chi connectivity index (χ2n) is 8.72. The average molecular weight is 483 g/mol. The van der Waals surface area contributed by atoms with Gasteiger partial charge in [0.05, 0.1) is 48.4 Å². The number of carbonyl (C=O) groups excluding carboxylic acids is 1. The number of rotatable bonds is 6. The van der Waals surface area contributed by atoms with E-state index in [1.54, 1.807) is 11.1 Å². The van der Waals surface area contributed by atoms with E-state index in [1.165, 1.54) is 0 Å². The summed E-state index contributed by atoms with van der Waals surface area (Å²) in [5.74, 6) is 0.612. The molecule has 1 saturated heterocycles. The first-order valence-electron chi connectivity index (χ1n) is 12.0. The summed E-state index contributed by atoms with van der Waals surface area (Å²) >= 11 is 0. The van der Waals surface area contributed by atoms with Crippen LogP contribution in [0.15, 0.2) is 72.0 Å². The van der Waals surface area contributed by atoms with Crippen LogP contribution < -0.4 is 9.64 Å². The smallest absolute Gasteiger partial charge is 0.260 e. The van der Waals surface area contributed by atoms with Crippen molar-refractivity contribution in [2.75, 3.05) is 44.5 Å². The van der Waals surface area contributed by atoms with Gasteiger partial charge in [-0.2, -0.15) is 5.10 Å². The van der Waals surface area contributed by atoms with Crippen molar-refractivity contribution in [2.24, 2.45) is 4.99 Å². The second-order valence-corrected chi connectivity index (χ2v) is 8.72. The fourth-order valence-electron chi connectivity index (χ4n) is 4.59. The minimum absolute atomic E-state index is 0.00823. The van der Waals surface area contributed by atoms with Crippen LogP contribution in [0.5, 0.6) is 5.75 Å². The summed E-state index contributed by atoms with van der Waals surface area (Å²) in [5, 5.41) is 5.62. The molecule has 0 aliphatic carbocycles. The van der Waals surface area contributed by atoms with E-state index in [4.69, 9.17) is 9.47 Å². The van der Waals surface area contributed by atoms with Crippen molar-refractivity contribution in [1.29, 1.82) is 0 Å². The Bertz CT molecular complexity index is 1410. The Morgan fingerprint density at radius 3 is 2.83 bits per heavy atom. The molecule has 0 unspecified atom stereocenters. The molecule has 4 heterocycles. The number of hydrogen-bond donors (Lipinski definition) is 0. The zero-order valence-electron chi connectivity index (χ0n) is 19.8. The number of fused-ring (bicyclic) bond motifs is 2. The van der Waals surface area contributed by atoms with Gasteiger partial charge in [0.2, 0.25) is 0 Å². The number of morpholine rings is 1. The maximum Gasteiger partial charge on any atom is 0.260 e. The molecule has 9 heteroatoms. The number of aromatic nitrogens is 3. The number of benzene rings is 2. The van der Waals surface area contributed by atoms with Crippen LogP contribution in [-0.2, 0) is 16.1 Å². The number of ether oxygens (including phenoxy) is 2. The molecular formula is C27H26N6O3. The van der Waals surface area contributed by atoms with Crippen LogP contribution in [0.3, 0.4) is 0 Å². The highest BCUT2D eigenvalue weighted by molar-refractivity contribution is 5.96. The van der Waals surface area contributed by atoms with Gasteiger partial charge in [0.25, 0.3) is 5.91 Å². The molecule has 1 amide bonds. The molecule has 2 aliphatic heterocycles. The number of nitrogens with zero attached hydrogens (tertiary/aromatic N) is 6. The highest BCUT2D eigenvalue weighted by Crippen LogP contribution is 2.36. The van der Waals surface area contributed by atoms with E-state index in [2.05, 4.69) is 38.2 Å². The van der Waals surface area contributed by atoms with Gasteiger partial charge < -0.3 is 19.3 Å². The minimum atomic E-state index is -0.0336. The topological polar surface area (TPSA) is 85.1 Å². The predicted molar refractivity (Wildman–Crippen MR) is 137 cm³/mol. The molecule has 0 spiro atoms. The quantitative estimate of drug-likeness (QED) is 0.420. The van der Waals surface area contributed by atoms with Crippen LogP contribution in [-0.4, -0.2) is 71.4 Å². The molecule has 0 bridgehead atoms. The highest BCUT2D eigenvalue weighted by atomic mass is 16.5. The number of carbonyl (C=O) groups is 1. The molecule has 1 fully saturated rings. The van der Waals surface area contributed by atoms with E-state index >= 15 is 0 Å². The van der Waals surface area contributed by atoms with Gasteiger partial charge in [-0.05, 0) is 42.5 Å². The lowest BCUT2D eigenvalue weighted by Crippen LogP contribution is -2.43. The zero-order valence-corrected chi connectivity index (χ0v) is 19.8. The number of pyridine rings is 1. The third-order valence-electron chi connectivity index (χ3n) is 6.47. The maximum atomic E-state index is 12.6. The molecule has 36 heavy (non-hydrogen) atoms. The minimum Gasteiger partial charge on any atom is -0.483 e. The van der Waals surface area contributed by atoms with Gasteiger partial charge >= 0.3 is 0 Å². The molecular weight excluding hydrogens is 456 g/mol. The monoisotopic (exact) mass is 482 g/mol. The lowest BCUT2D eigenvalue weighted by Gasteiger charge is -2.29. The predicted octanol–water partition coefficient (Wildman–Crippen LogP) is 3.25. The van der Waals surface area contributed by atoms with Gasteiger partial charge in [-0.1, -0.05) is 12.1 Å². The van der Waals surface area contributed by atoms with Crippen molar-refractivity contribution in [2.45, 2.75) is 6.54 Å². The first-order chi connectivity index (χ1) is 17.8. The Hall–Kier alpha value is -4.24. The van der Waals surface area contributed by atoms with Crippen LogP contribution in [0.4, 0.5) is 11.4 Å². The van der Waals surface area contributed by atoms with Crippen LogP contribution in [0.1, 0.15) is 11.3 Å². The Morgan fingerprint density at radius 1 is 1.06 bits per heavy atom. The van der Waals surface area contributed by atoms with E-state index in [0.717, 1.165) is 33.5 Å². The standard InChI is InChI=1S/C27H26N6O3/c34-27(31-10-12-35-13-11-31)18-36-26-6-3-5-25-23(26)16-28-19-32(25)22-7-8-24-20(14-22)15-30-33(24)17-21-4-1-2-9-29-21/h1-9,14-16H,10-13,17-19H2. The van der Waals surface area contributed by atoms with E-state index in [9.17, 15) is 4.79 Å². The van der Waals surface area contributed by atoms with Crippen LogP contribution in [0.25, 0.3) is 10.9 Å². The molecule has 2 aromatic heterocycles. The summed E-state index contributed by atoms with van der Waals surface area (Å²) in [5.41, 5.74) is 4.87. The summed E-state index contributed by atoms with van der Waals surface area (Å²) in [6.45, 7) is 3.45. The normalized spacial score (nSPS) is 15.2. The largest absolute Gasteiger partial charge is 0.483 e. The SMILES string of the molecule is O=C(COc1cccc2c1C=NCN2c1ccc2c(cnn2Cc2ccccn2)c1)N1CCOCC1.